The van der Waals surface area contributed by atoms with E-state index < -0.39 is 5.91 Å². The number of nitrogens with two attached hydrogens (primary N) is 1. The van der Waals surface area contributed by atoms with Crippen LogP contribution in [0.2, 0.25) is 0 Å². The molecule has 0 aliphatic carbocycles. The SMILES string of the molecule is CN1CCC[C@@]2(CCN(c3cc(C(N)=O)ccn3)C2)C1=O. The third-order valence-corrected chi connectivity index (χ3v) is 4.66. The van der Waals surface area contributed by atoms with Crippen molar-refractivity contribution in [1.82, 2.24) is 9.88 Å². The Bertz CT molecular complexity index is 589. The van der Waals surface area contributed by atoms with Crippen LogP contribution < -0.4 is 10.6 Å². The van der Waals surface area contributed by atoms with Gasteiger partial charge >= 0.3 is 0 Å². The monoisotopic (exact) mass is 288 g/mol. The molecule has 2 saturated heterocycles. The lowest BCUT2D eigenvalue weighted by atomic mass is 9.78. The number of rotatable bonds is 2. The van der Waals surface area contributed by atoms with Crippen LogP contribution in [0.5, 0.6) is 0 Å². The Balaban J connectivity index is 1.82. The standard InChI is InChI=1S/C15H20N4O2/c1-18-7-2-4-15(14(18)21)5-8-19(10-15)12-9-11(13(16)20)3-6-17-12/h3,6,9H,2,4-5,7-8,10H2,1H3,(H2,16,20)/t15-/m0/s1. The van der Waals surface area contributed by atoms with Gasteiger partial charge in [-0.25, -0.2) is 4.98 Å². The highest BCUT2D eigenvalue weighted by Crippen LogP contribution is 2.40. The van der Waals surface area contributed by atoms with E-state index in [0.29, 0.717) is 12.1 Å². The zero-order valence-electron chi connectivity index (χ0n) is 12.2. The summed E-state index contributed by atoms with van der Waals surface area (Å²) in [6.07, 6.45) is 4.42. The molecule has 1 spiro atoms. The van der Waals surface area contributed by atoms with Gasteiger partial charge in [-0.3, -0.25) is 9.59 Å². The first kappa shape index (κ1) is 13.9. The molecule has 2 fully saturated rings. The Labute approximate surface area is 123 Å². The predicted molar refractivity (Wildman–Crippen MR) is 78.9 cm³/mol. The predicted octanol–water partition coefficient (Wildman–Crippen LogP) is 0.629. The van der Waals surface area contributed by atoms with E-state index in [9.17, 15) is 9.59 Å². The number of anilines is 1. The van der Waals surface area contributed by atoms with E-state index in [-0.39, 0.29) is 11.3 Å². The average Bonchev–Trinajstić information content (AvgIpc) is 2.90. The molecule has 2 aliphatic heterocycles. The Kier molecular flexibility index (Phi) is 3.31. The van der Waals surface area contributed by atoms with Gasteiger partial charge in [0.15, 0.2) is 0 Å². The number of carbonyl (C=O) groups excluding carboxylic acids is 2. The molecule has 0 radical (unpaired) electrons. The number of nitrogens with zero attached hydrogens (tertiary/aromatic N) is 3. The van der Waals surface area contributed by atoms with E-state index in [4.69, 9.17) is 5.73 Å². The van der Waals surface area contributed by atoms with Gasteiger partial charge in [-0.2, -0.15) is 0 Å². The molecule has 0 bridgehead atoms. The van der Waals surface area contributed by atoms with Crippen LogP contribution in [0.25, 0.3) is 0 Å². The Morgan fingerprint density at radius 3 is 2.95 bits per heavy atom. The molecule has 2 N–H and O–H groups in total. The van der Waals surface area contributed by atoms with E-state index in [1.165, 1.54) is 0 Å². The van der Waals surface area contributed by atoms with Crippen LogP contribution in [0.15, 0.2) is 18.3 Å². The summed E-state index contributed by atoms with van der Waals surface area (Å²) in [4.78, 5) is 32.0. The quantitative estimate of drug-likeness (QED) is 0.865. The number of piperidine rings is 1. The second-order valence-corrected chi connectivity index (χ2v) is 6.05. The molecule has 2 amide bonds. The van der Waals surface area contributed by atoms with E-state index in [0.717, 1.165) is 38.2 Å². The molecule has 0 aromatic carbocycles. The van der Waals surface area contributed by atoms with Crippen molar-refractivity contribution < 1.29 is 9.59 Å². The van der Waals surface area contributed by atoms with E-state index in [1.54, 1.807) is 18.3 Å². The van der Waals surface area contributed by atoms with Crippen LogP contribution in [0, 0.1) is 5.41 Å². The summed E-state index contributed by atoms with van der Waals surface area (Å²) in [6, 6.07) is 3.32. The van der Waals surface area contributed by atoms with Crippen molar-refractivity contribution in [2.24, 2.45) is 11.1 Å². The molecule has 6 nitrogen and oxygen atoms in total. The molecule has 0 saturated carbocycles. The van der Waals surface area contributed by atoms with Crippen LogP contribution in [0.3, 0.4) is 0 Å². The van der Waals surface area contributed by atoms with E-state index in [1.807, 2.05) is 11.9 Å². The molecule has 6 heteroatoms. The molecular formula is C15H20N4O2. The first-order valence-corrected chi connectivity index (χ1v) is 7.28. The van der Waals surface area contributed by atoms with Gasteiger partial charge in [0, 0.05) is 38.4 Å². The average molecular weight is 288 g/mol. The van der Waals surface area contributed by atoms with Crippen LogP contribution in [0.4, 0.5) is 5.82 Å². The van der Waals surface area contributed by atoms with Crippen molar-refractivity contribution >= 4 is 17.6 Å². The summed E-state index contributed by atoms with van der Waals surface area (Å²) in [6.45, 7) is 2.30. The highest BCUT2D eigenvalue weighted by Gasteiger charge is 2.47. The molecule has 112 valence electrons. The number of likely N-dealkylation sites (tertiary alicyclic amines) is 1. The molecule has 1 aromatic heterocycles. The maximum atomic E-state index is 12.5. The number of hydrogen-bond donors (Lipinski definition) is 1. The molecule has 3 rings (SSSR count). The maximum Gasteiger partial charge on any atom is 0.248 e. The summed E-state index contributed by atoms with van der Waals surface area (Å²) in [5, 5.41) is 0. The summed E-state index contributed by atoms with van der Waals surface area (Å²) in [7, 11) is 1.87. The Morgan fingerprint density at radius 2 is 2.19 bits per heavy atom. The van der Waals surface area contributed by atoms with Crippen LogP contribution >= 0.6 is 0 Å². The molecule has 1 aromatic rings. The zero-order chi connectivity index (χ0) is 15.0. The third kappa shape index (κ3) is 2.34. The normalized spacial score (nSPS) is 25.7. The number of carbonyl (C=O) groups is 2. The summed E-state index contributed by atoms with van der Waals surface area (Å²) in [5.74, 6) is 0.507. The molecule has 21 heavy (non-hydrogen) atoms. The van der Waals surface area contributed by atoms with Crippen LogP contribution in [-0.2, 0) is 4.79 Å². The first-order valence-electron chi connectivity index (χ1n) is 7.28. The minimum atomic E-state index is -0.457. The van der Waals surface area contributed by atoms with Crippen molar-refractivity contribution in [3.8, 4) is 0 Å². The van der Waals surface area contributed by atoms with Gasteiger partial charge in [0.2, 0.25) is 11.8 Å². The minimum absolute atomic E-state index is 0.238. The van der Waals surface area contributed by atoms with Crippen molar-refractivity contribution in [1.29, 1.82) is 0 Å². The smallest absolute Gasteiger partial charge is 0.248 e. The number of hydrogen-bond acceptors (Lipinski definition) is 4. The summed E-state index contributed by atoms with van der Waals surface area (Å²) in [5.41, 5.74) is 5.48. The van der Waals surface area contributed by atoms with Gasteiger partial charge in [0.1, 0.15) is 5.82 Å². The topological polar surface area (TPSA) is 79.5 Å². The van der Waals surface area contributed by atoms with Gasteiger partial charge in [-0.05, 0) is 31.4 Å². The third-order valence-electron chi connectivity index (χ3n) is 4.66. The highest BCUT2D eigenvalue weighted by atomic mass is 16.2. The van der Waals surface area contributed by atoms with Crippen molar-refractivity contribution in [3.63, 3.8) is 0 Å². The molecular weight excluding hydrogens is 268 g/mol. The van der Waals surface area contributed by atoms with E-state index >= 15 is 0 Å². The van der Waals surface area contributed by atoms with Crippen LogP contribution in [-0.4, -0.2) is 48.4 Å². The molecule has 3 heterocycles. The van der Waals surface area contributed by atoms with Gasteiger partial charge in [-0.15, -0.1) is 0 Å². The second kappa shape index (κ2) is 5.02. The number of primary amides is 1. The summed E-state index contributed by atoms with van der Waals surface area (Å²) < 4.78 is 0. The fourth-order valence-corrected chi connectivity index (χ4v) is 3.46. The zero-order valence-corrected chi connectivity index (χ0v) is 12.2. The van der Waals surface area contributed by atoms with Crippen molar-refractivity contribution in [3.05, 3.63) is 23.9 Å². The minimum Gasteiger partial charge on any atom is -0.366 e. The highest BCUT2D eigenvalue weighted by molar-refractivity contribution is 5.93. The lowest BCUT2D eigenvalue weighted by Gasteiger charge is -2.37. The fraction of sp³-hybridized carbons (Fsp3) is 0.533. The van der Waals surface area contributed by atoms with Gasteiger partial charge in [-0.1, -0.05) is 0 Å². The lowest BCUT2D eigenvalue weighted by Crippen LogP contribution is -2.48. The van der Waals surface area contributed by atoms with Gasteiger partial charge in [0.25, 0.3) is 0 Å². The molecule has 0 unspecified atom stereocenters. The first-order chi connectivity index (χ1) is 10.0. The number of aromatic nitrogens is 1. The van der Waals surface area contributed by atoms with Gasteiger partial charge in [0.05, 0.1) is 5.41 Å². The largest absolute Gasteiger partial charge is 0.366 e. The molecule has 1 atom stereocenters. The van der Waals surface area contributed by atoms with E-state index in [2.05, 4.69) is 9.88 Å². The number of pyridine rings is 1. The van der Waals surface area contributed by atoms with Crippen LogP contribution in [0.1, 0.15) is 29.6 Å². The maximum absolute atomic E-state index is 12.5. The number of amides is 2. The lowest BCUT2D eigenvalue weighted by molar-refractivity contribution is -0.143. The fourth-order valence-electron chi connectivity index (χ4n) is 3.46. The van der Waals surface area contributed by atoms with Gasteiger partial charge < -0.3 is 15.5 Å². The Hall–Kier alpha value is -2.11. The molecule has 2 aliphatic rings. The summed E-state index contributed by atoms with van der Waals surface area (Å²) >= 11 is 0. The van der Waals surface area contributed by atoms with Crippen molar-refractivity contribution in [2.45, 2.75) is 19.3 Å². The van der Waals surface area contributed by atoms with Crippen molar-refractivity contribution in [2.75, 3.05) is 31.6 Å². The Morgan fingerprint density at radius 1 is 1.38 bits per heavy atom. The second-order valence-electron chi connectivity index (χ2n) is 6.05.